The fourth-order valence-corrected chi connectivity index (χ4v) is 5.47. The third kappa shape index (κ3) is 4.07. The standard InChI is InChI=1S/C20H19BrS2/c1-3-5-6-14-7-8-16(15(4-2)11-14)9-10-17-12-18-19(22-17)13-20(21)23-18/h7-8,11-13H,3-6H2,1-2H3. The van der Waals surface area contributed by atoms with E-state index in [1.165, 1.54) is 49.1 Å². The molecule has 0 N–H and O–H groups in total. The van der Waals surface area contributed by atoms with Gasteiger partial charge < -0.3 is 0 Å². The Bertz CT molecular complexity index is 843. The van der Waals surface area contributed by atoms with Crippen LogP contribution in [-0.2, 0) is 12.8 Å². The maximum absolute atomic E-state index is 3.54. The van der Waals surface area contributed by atoms with Gasteiger partial charge in [0.25, 0.3) is 0 Å². The lowest BCUT2D eigenvalue weighted by molar-refractivity contribution is 0.794. The first-order valence-corrected chi connectivity index (χ1v) is 10.4. The Morgan fingerprint density at radius 3 is 2.57 bits per heavy atom. The maximum atomic E-state index is 3.54. The Kier molecular flexibility index (Phi) is 5.58. The summed E-state index contributed by atoms with van der Waals surface area (Å²) in [5.74, 6) is 6.74. The first kappa shape index (κ1) is 16.8. The lowest BCUT2D eigenvalue weighted by Gasteiger charge is -2.05. The number of aryl methyl sites for hydroxylation is 2. The molecule has 0 saturated carbocycles. The molecule has 0 spiro atoms. The molecule has 118 valence electrons. The average molecular weight is 403 g/mol. The molecule has 0 unspecified atom stereocenters. The second-order valence-electron chi connectivity index (χ2n) is 5.59. The van der Waals surface area contributed by atoms with Gasteiger partial charge in [0.2, 0.25) is 0 Å². The molecule has 0 aliphatic carbocycles. The number of thiophene rings is 2. The quantitative estimate of drug-likeness (QED) is 0.410. The number of hydrogen-bond acceptors (Lipinski definition) is 2. The second kappa shape index (κ2) is 7.66. The molecule has 0 radical (unpaired) electrons. The van der Waals surface area contributed by atoms with Crippen molar-refractivity contribution in [2.24, 2.45) is 0 Å². The number of rotatable bonds is 4. The van der Waals surface area contributed by atoms with Crippen molar-refractivity contribution in [2.75, 3.05) is 0 Å². The number of unbranched alkanes of at least 4 members (excludes halogenated alkanes) is 1. The zero-order valence-electron chi connectivity index (χ0n) is 13.4. The number of benzene rings is 1. The first-order valence-electron chi connectivity index (χ1n) is 8.02. The average Bonchev–Trinajstić information content (AvgIpc) is 3.07. The van der Waals surface area contributed by atoms with Crippen molar-refractivity contribution in [1.82, 2.24) is 0 Å². The first-order chi connectivity index (χ1) is 11.2. The van der Waals surface area contributed by atoms with Gasteiger partial charge in [-0.25, -0.2) is 0 Å². The SMILES string of the molecule is CCCCc1ccc(C#Cc2cc3sc(Br)cc3s2)c(CC)c1. The van der Waals surface area contributed by atoms with Crippen molar-refractivity contribution in [3.63, 3.8) is 0 Å². The van der Waals surface area contributed by atoms with Crippen molar-refractivity contribution in [1.29, 1.82) is 0 Å². The fourth-order valence-electron chi connectivity index (χ4n) is 2.59. The summed E-state index contributed by atoms with van der Waals surface area (Å²) in [6, 6.07) is 11.1. The molecule has 0 saturated heterocycles. The van der Waals surface area contributed by atoms with Gasteiger partial charge in [0.1, 0.15) is 0 Å². The molecule has 0 aliphatic rings. The summed E-state index contributed by atoms with van der Waals surface area (Å²) < 4.78 is 3.82. The van der Waals surface area contributed by atoms with Crippen LogP contribution in [-0.4, -0.2) is 0 Å². The van der Waals surface area contributed by atoms with Crippen LogP contribution >= 0.6 is 38.6 Å². The summed E-state index contributed by atoms with van der Waals surface area (Å²) in [6.07, 6.45) is 4.72. The highest BCUT2D eigenvalue weighted by molar-refractivity contribution is 9.11. The lowest BCUT2D eigenvalue weighted by Crippen LogP contribution is -1.92. The Hall–Kier alpha value is -1.08. The van der Waals surface area contributed by atoms with E-state index in [0.29, 0.717) is 0 Å². The van der Waals surface area contributed by atoms with E-state index in [0.717, 1.165) is 11.3 Å². The summed E-state index contributed by atoms with van der Waals surface area (Å²) in [6.45, 7) is 4.45. The normalized spacial score (nSPS) is 10.7. The van der Waals surface area contributed by atoms with Crippen LogP contribution < -0.4 is 0 Å². The van der Waals surface area contributed by atoms with E-state index in [2.05, 4.69) is 72.0 Å². The zero-order valence-corrected chi connectivity index (χ0v) is 16.6. The van der Waals surface area contributed by atoms with Crippen LogP contribution in [0.4, 0.5) is 0 Å². The minimum atomic E-state index is 1.04. The molecule has 0 aliphatic heterocycles. The van der Waals surface area contributed by atoms with Crippen molar-refractivity contribution in [3.05, 3.63) is 55.7 Å². The van der Waals surface area contributed by atoms with Gasteiger partial charge in [-0.05, 0) is 64.5 Å². The molecule has 0 bridgehead atoms. The molecular weight excluding hydrogens is 384 g/mol. The summed E-state index contributed by atoms with van der Waals surface area (Å²) in [4.78, 5) is 1.15. The molecule has 1 aromatic carbocycles. The van der Waals surface area contributed by atoms with Crippen molar-refractivity contribution < 1.29 is 0 Å². The van der Waals surface area contributed by atoms with E-state index in [1.54, 1.807) is 22.7 Å². The number of fused-ring (bicyclic) bond motifs is 1. The summed E-state index contributed by atoms with van der Waals surface area (Å²) in [5, 5.41) is 0. The Labute approximate surface area is 154 Å². The van der Waals surface area contributed by atoms with Crippen LogP contribution in [0.2, 0.25) is 0 Å². The van der Waals surface area contributed by atoms with E-state index in [1.807, 2.05) is 0 Å². The highest BCUT2D eigenvalue weighted by Gasteiger charge is 2.04. The molecule has 0 fully saturated rings. The largest absolute Gasteiger partial charge is 0.127 e. The summed E-state index contributed by atoms with van der Waals surface area (Å²) >= 11 is 7.08. The Balaban J connectivity index is 1.85. The van der Waals surface area contributed by atoms with Crippen LogP contribution in [0, 0.1) is 11.8 Å². The van der Waals surface area contributed by atoms with E-state index >= 15 is 0 Å². The lowest BCUT2D eigenvalue weighted by atomic mass is 9.99. The van der Waals surface area contributed by atoms with Gasteiger partial charge in [0, 0.05) is 15.0 Å². The molecule has 0 atom stereocenters. The minimum Gasteiger partial charge on any atom is -0.127 e. The molecule has 3 rings (SSSR count). The van der Waals surface area contributed by atoms with Crippen LogP contribution in [0.15, 0.2) is 34.1 Å². The van der Waals surface area contributed by atoms with Gasteiger partial charge in [-0.15, -0.1) is 22.7 Å². The summed E-state index contributed by atoms with van der Waals surface area (Å²) in [5.41, 5.74) is 3.98. The van der Waals surface area contributed by atoms with Crippen LogP contribution in [0.25, 0.3) is 9.40 Å². The third-order valence-electron chi connectivity index (χ3n) is 3.87. The second-order valence-corrected chi connectivity index (χ2v) is 9.14. The molecule has 0 amide bonds. The highest BCUT2D eigenvalue weighted by Crippen LogP contribution is 2.35. The molecule has 0 nitrogen and oxygen atoms in total. The molecule has 3 aromatic rings. The van der Waals surface area contributed by atoms with Gasteiger partial charge in [-0.1, -0.05) is 44.2 Å². The van der Waals surface area contributed by atoms with E-state index in [9.17, 15) is 0 Å². The Morgan fingerprint density at radius 2 is 1.83 bits per heavy atom. The molecular formula is C20H19BrS2. The predicted octanol–water partition coefficient (Wildman–Crippen LogP) is 7.03. The van der Waals surface area contributed by atoms with Gasteiger partial charge in [-0.3, -0.25) is 0 Å². The molecule has 3 heteroatoms. The smallest absolute Gasteiger partial charge is 0.0793 e. The van der Waals surface area contributed by atoms with Gasteiger partial charge in [-0.2, -0.15) is 0 Å². The molecule has 2 aromatic heterocycles. The third-order valence-corrected chi connectivity index (χ3v) is 6.58. The van der Waals surface area contributed by atoms with Crippen molar-refractivity contribution in [2.45, 2.75) is 39.5 Å². The van der Waals surface area contributed by atoms with Crippen molar-refractivity contribution in [3.8, 4) is 11.8 Å². The monoisotopic (exact) mass is 402 g/mol. The summed E-state index contributed by atoms with van der Waals surface area (Å²) in [7, 11) is 0. The Morgan fingerprint density at radius 1 is 1.00 bits per heavy atom. The van der Waals surface area contributed by atoms with E-state index in [4.69, 9.17) is 0 Å². The van der Waals surface area contributed by atoms with Crippen LogP contribution in [0.5, 0.6) is 0 Å². The van der Waals surface area contributed by atoms with Crippen LogP contribution in [0.3, 0.4) is 0 Å². The number of hydrogen-bond donors (Lipinski definition) is 0. The van der Waals surface area contributed by atoms with Crippen LogP contribution in [0.1, 0.15) is 48.3 Å². The van der Waals surface area contributed by atoms with Gasteiger partial charge >= 0.3 is 0 Å². The molecule has 23 heavy (non-hydrogen) atoms. The van der Waals surface area contributed by atoms with E-state index < -0.39 is 0 Å². The van der Waals surface area contributed by atoms with Gasteiger partial charge in [0.05, 0.1) is 8.66 Å². The van der Waals surface area contributed by atoms with Crippen molar-refractivity contribution >= 4 is 48.0 Å². The highest BCUT2D eigenvalue weighted by atomic mass is 79.9. The topological polar surface area (TPSA) is 0 Å². The van der Waals surface area contributed by atoms with E-state index in [-0.39, 0.29) is 0 Å². The molecule has 2 heterocycles. The minimum absolute atomic E-state index is 1.04. The predicted molar refractivity (Wildman–Crippen MR) is 108 cm³/mol. The van der Waals surface area contributed by atoms with Gasteiger partial charge in [0.15, 0.2) is 0 Å². The number of halogens is 1. The fraction of sp³-hybridized carbons (Fsp3) is 0.300. The maximum Gasteiger partial charge on any atom is 0.0793 e. The zero-order chi connectivity index (χ0) is 16.2.